The zero-order valence-electron chi connectivity index (χ0n) is 43.8. The highest BCUT2D eigenvalue weighted by Crippen LogP contribution is 2.50. The monoisotopic (exact) mass is 997 g/mol. The molecule has 0 N–H and O–H groups in total. The van der Waals surface area contributed by atoms with Crippen molar-refractivity contribution >= 4 is 129 Å². The first-order chi connectivity index (χ1) is 37.2. The second-order valence-electron chi connectivity index (χ2n) is 21.8. The van der Waals surface area contributed by atoms with Gasteiger partial charge < -0.3 is 19.4 Å². The summed E-state index contributed by atoms with van der Waals surface area (Å²) in [6, 6.07) is 81.4. The second kappa shape index (κ2) is 18.2. The topological polar surface area (TPSA) is 19.0 Å². The summed E-state index contributed by atoms with van der Waals surface area (Å²) < 4.78 is 9.85. The average molecular weight is 998 g/mol. The van der Waals surface area contributed by atoms with Crippen LogP contribution in [0, 0.1) is 0 Å². The summed E-state index contributed by atoms with van der Waals surface area (Å²) in [6.07, 6.45) is 0. The van der Waals surface area contributed by atoms with Crippen LogP contribution in [-0.4, -0.2) is 13.4 Å². The zero-order valence-corrected chi connectivity index (χ0v) is 44.6. The molecule has 0 unspecified atom stereocenters. The number of fused-ring (bicyclic) bond motifs is 9. The van der Waals surface area contributed by atoms with E-state index in [0.29, 0.717) is 17.8 Å². The zero-order chi connectivity index (χ0) is 51.3. The van der Waals surface area contributed by atoms with Gasteiger partial charge in [-0.1, -0.05) is 180 Å². The molecule has 76 heavy (non-hydrogen) atoms. The Morgan fingerprint density at radius 1 is 0.382 bits per heavy atom. The first-order valence-electron chi connectivity index (χ1n) is 27.1. The molecule has 1 aromatic heterocycles. The van der Waals surface area contributed by atoms with Gasteiger partial charge in [0.15, 0.2) is 0 Å². The number of anilines is 9. The number of para-hydroxylation sites is 5. The van der Waals surface area contributed by atoms with Crippen LogP contribution in [-0.2, 0) is 0 Å². The van der Waals surface area contributed by atoms with Gasteiger partial charge in [-0.3, -0.25) is 0 Å². The van der Waals surface area contributed by atoms with Crippen LogP contribution >= 0.6 is 11.3 Å². The third-order valence-electron chi connectivity index (χ3n) is 16.2. The molecule has 0 amide bonds. The molecule has 0 aliphatic carbocycles. The van der Waals surface area contributed by atoms with Crippen molar-refractivity contribution in [3.05, 3.63) is 235 Å². The summed E-state index contributed by atoms with van der Waals surface area (Å²) in [7, 11) is 0. The van der Waals surface area contributed by atoms with E-state index in [1.165, 1.54) is 75.3 Å². The van der Waals surface area contributed by atoms with E-state index in [0.717, 1.165) is 57.0 Å². The molecule has 0 saturated carbocycles. The molecular weight excluding hydrogens is 940 g/mol. The molecule has 0 atom stereocenters. The molecule has 3 aliphatic rings. The van der Waals surface area contributed by atoms with Gasteiger partial charge in [-0.2, -0.15) is 0 Å². The van der Waals surface area contributed by atoms with Crippen molar-refractivity contribution in [2.45, 2.75) is 59.3 Å². The minimum atomic E-state index is -0.114. The summed E-state index contributed by atoms with van der Waals surface area (Å²) in [5, 5.41) is 2.59. The Balaban J connectivity index is 1.09. The fourth-order valence-corrected chi connectivity index (χ4v) is 13.9. The molecule has 0 radical (unpaired) electrons. The maximum atomic E-state index is 7.27. The normalized spacial score (nSPS) is 13.2. The highest BCUT2D eigenvalue weighted by Gasteiger charge is 2.46. The minimum absolute atomic E-state index is 0.0525. The summed E-state index contributed by atoms with van der Waals surface area (Å²) in [5.74, 6) is 2.86. The Morgan fingerprint density at radius 3 is 1.62 bits per heavy atom. The Kier molecular flexibility index (Phi) is 11.1. The molecule has 3 aliphatic heterocycles. The summed E-state index contributed by atoms with van der Waals surface area (Å²) in [6.45, 7) is 14.0. The summed E-state index contributed by atoms with van der Waals surface area (Å²) >= 11 is 1.87. The van der Waals surface area contributed by atoms with E-state index in [1.54, 1.807) is 0 Å². The van der Waals surface area contributed by atoms with Gasteiger partial charge in [-0.15, -0.1) is 11.3 Å². The summed E-state index contributed by atoms with van der Waals surface area (Å²) in [5.41, 5.74) is 22.0. The number of nitrogens with zero attached hydrogens (tertiary/aromatic N) is 3. The van der Waals surface area contributed by atoms with Gasteiger partial charge in [0.05, 0.1) is 5.69 Å². The van der Waals surface area contributed by atoms with E-state index in [9.17, 15) is 0 Å². The van der Waals surface area contributed by atoms with Crippen molar-refractivity contribution in [2.24, 2.45) is 0 Å². The van der Waals surface area contributed by atoms with Crippen molar-refractivity contribution in [2.75, 3.05) is 14.7 Å². The lowest BCUT2D eigenvalue weighted by Gasteiger charge is -2.45. The molecule has 11 aromatic rings. The standard InChI is InChI=1S/C69H57B2N3OS/c1-43(2)46-36-54(44(3)4)68(55(37-46)45(5)6)71-57-30-18-20-32-64(57)75-65-42-61-58(41-59(65)71)70-56-29-17-19-31-60(56)74(50-34-35-53-52-28-16-21-33-66(52)76-67(53)40-50)63-39-51(38-62(69(63)70)73(61)49-26-14-9-15-27-49)72(47-22-10-7-11-23-47)48-24-12-8-13-25-48/h7-45H,1-6H3. The van der Waals surface area contributed by atoms with Gasteiger partial charge in [-0.25, -0.2) is 0 Å². The van der Waals surface area contributed by atoms with Crippen LogP contribution in [0.2, 0.25) is 0 Å². The Bertz CT molecular complexity index is 3990. The van der Waals surface area contributed by atoms with Crippen molar-refractivity contribution in [1.82, 2.24) is 0 Å². The van der Waals surface area contributed by atoms with Gasteiger partial charge in [0.2, 0.25) is 0 Å². The number of hydrogen-bond acceptors (Lipinski definition) is 5. The largest absolute Gasteiger partial charge is 0.458 e. The number of rotatable bonds is 9. The van der Waals surface area contributed by atoms with Gasteiger partial charge in [-0.05, 0) is 141 Å². The number of hydrogen-bond donors (Lipinski definition) is 0. The molecule has 14 rings (SSSR count). The molecular formula is C69H57B2N3OS. The van der Waals surface area contributed by atoms with E-state index in [2.05, 4.69) is 275 Å². The second-order valence-corrected chi connectivity index (χ2v) is 22.9. The van der Waals surface area contributed by atoms with Crippen LogP contribution in [0.25, 0.3) is 20.2 Å². The highest BCUT2D eigenvalue weighted by atomic mass is 32.1. The van der Waals surface area contributed by atoms with Crippen molar-refractivity contribution in [3.63, 3.8) is 0 Å². The molecule has 0 saturated heterocycles. The Labute approximate surface area is 451 Å². The van der Waals surface area contributed by atoms with Crippen LogP contribution in [0.3, 0.4) is 0 Å². The smallest absolute Gasteiger partial charge is 0.252 e. The molecule has 0 fully saturated rings. The van der Waals surface area contributed by atoms with Crippen LogP contribution in [0.15, 0.2) is 218 Å². The predicted molar refractivity (Wildman–Crippen MR) is 328 cm³/mol. The lowest BCUT2D eigenvalue weighted by molar-refractivity contribution is 0.487. The quantitative estimate of drug-likeness (QED) is 0.134. The molecule has 366 valence electrons. The van der Waals surface area contributed by atoms with E-state index in [1.807, 2.05) is 11.3 Å². The van der Waals surface area contributed by atoms with E-state index in [-0.39, 0.29) is 13.4 Å². The maximum Gasteiger partial charge on any atom is 0.252 e. The van der Waals surface area contributed by atoms with E-state index >= 15 is 0 Å². The fraction of sp³-hybridized carbons (Fsp3) is 0.130. The van der Waals surface area contributed by atoms with Crippen LogP contribution in [0.1, 0.15) is 76.0 Å². The first-order valence-corrected chi connectivity index (χ1v) is 27.9. The SMILES string of the molecule is CC(C)c1cc(C(C)C)c(B2c3ccccc3Oc3cc4c(cc32)B2c3ccccc3N(c3ccc5c(c3)sc3ccccc35)c3cc(N(c5ccccc5)c5ccccc5)cc(c32)N4c2ccccc2)c(C(C)C)c1. The summed E-state index contributed by atoms with van der Waals surface area (Å²) in [4.78, 5) is 7.50. The predicted octanol–water partition coefficient (Wildman–Crippen LogP) is 15.6. The van der Waals surface area contributed by atoms with Crippen molar-refractivity contribution in [3.8, 4) is 11.5 Å². The van der Waals surface area contributed by atoms with Crippen molar-refractivity contribution < 1.29 is 4.74 Å². The number of thiophene rings is 1. The average Bonchev–Trinajstić information content (AvgIpc) is 3.82. The van der Waals surface area contributed by atoms with Crippen LogP contribution in [0.4, 0.5) is 51.2 Å². The van der Waals surface area contributed by atoms with Gasteiger partial charge >= 0.3 is 0 Å². The highest BCUT2D eigenvalue weighted by molar-refractivity contribution is 7.25. The van der Waals surface area contributed by atoms with E-state index in [4.69, 9.17) is 4.74 Å². The molecule has 4 heterocycles. The third kappa shape index (κ3) is 7.34. The Morgan fingerprint density at radius 2 is 0.947 bits per heavy atom. The van der Waals surface area contributed by atoms with Crippen molar-refractivity contribution in [1.29, 1.82) is 0 Å². The van der Waals surface area contributed by atoms with Gasteiger partial charge in [0.25, 0.3) is 13.4 Å². The molecule has 0 spiro atoms. The molecule has 7 heteroatoms. The van der Waals surface area contributed by atoms with Gasteiger partial charge in [0, 0.05) is 71.7 Å². The minimum Gasteiger partial charge on any atom is -0.458 e. The first kappa shape index (κ1) is 46.3. The molecule has 0 bridgehead atoms. The van der Waals surface area contributed by atoms with Crippen LogP contribution < -0.4 is 52.2 Å². The van der Waals surface area contributed by atoms with Gasteiger partial charge in [0.1, 0.15) is 11.5 Å². The fourth-order valence-electron chi connectivity index (χ4n) is 12.8. The number of ether oxygens (including phenoxy) is 1. The molecule has 4 nitrogen and oxygen atoms in total. The van der Waals surface area contributed by atoms with E-state index < -0.39 is 0 Å². The lowest BCUT2D eigenvalue weighted by atomic mass is 9.30. The molecule has 10 aromatic carbocycles. The van der Waals surface area contributed by atoms with Crippen LogP contribution in [0.5, 0.6) is 11.5 Å². The third-order valence-corrected chi connectivity index (χ3v) is 17.4. The lowest BCUT2D eigenvalue weighted by Crippen LogP contribution is -2.63. The maximum absolute atomic E-state index is 7.27. The number of benzene rings is 10. The Hall–Kier alpha value is -8.25.